The molecule has 7 heteroatoms. The van der Waals surface area contributed by atoms with Gasteiger partial charge in [0, 0.05) is 23.7 Å². The average Bonchev–Trinajstić information content (AvgIpc) is 2.96. The fraction of sp³-hybridized carbons (Fsp3) is 0.350. The summed E-state index contributed by atoms with van der Waals surface area (Å²) in [7, 11) is 0. The van der Waals surface area contributed by atoms with Gasteiger partial charge in [-0.2, -0.15) is 5.10 Å². The Morgan fingerprint density at radius 1 is 1.26 bits per heavy atom. The van der Waals surface area contributed by atoms with Crippen molar-refractivity contribution in [2.75, 3.05) is 13.2 Å². The summed E-state index contributed by atoms with van der Waals surface area (Å²) in [5, 5.41) is 7.75. The van der Waals surface area contributed by atoms with E-state index in [1.807, 2.05) is 31.5 Å². The Kier molecular flexibility index (Phi) is 5.59. The molecule has 2 heterocycles. The van der Waals surface area contributed by atoms with E-state index in [0.717, 1.165) is 17.8 Å². The normalized spacial score (nSPS) is 10.9. The maximum atomic E-state index is 12.4. The molecule has 3 rings (SSSR count). The van der Waals surface area contributed by atoms with Crippen molar-refractivity contribution >= 4 is 16.9 Å². The minimum Gasteiger partial charge on any atom is -0.493 e. The molecule has 7 nitrogen and oxygen atoms in total. The molecule has 0 aliphatic heterocycles. The van der Waals surface area contributed by atoms with Crippen molar-refractivity contribution in [1.29, 1.82) is 0 Å². The number of amides is 1. The van der Waals surface area contributed by atoms with Crippen molar-refractivity contribution in [3.8, 4) is 5.75 Å². The summed E-state index contributed by atoms with van der Waals surface area (Å²) in [5.41, 5.74) is 1.66. The molecule has 0 saturated heterocycles. The van der Waals surface area contributed by atoms with E-state index >= 15 is 0 Å². The van der Waals surface area contributed by atoms with E-state index in [0.29, 0.717) is 36.4 Å². The fourth-order valence-corrected chi connectivity index (χ4v) is 2.83. The lowest BCUT2D eigenvalue weighted by atomic mass is 10.1. The van der Waals surface area contributed by atoms with Crippen LogP contribution in [0.3, 0.4) is 0 Å². The Hall–Kier alpha value is -3.09. The highest BCUT2D eigenvalue weighted by molar-refractivity contribution is 5.96. The molecule has 0 radical (unpaired) electrons. The summed E-state index contributed by atoms with van der Waals surface area (Å²) < 4.78 is 12.7. The number of benzene rings is 1. The Morgan fingerprint density at radius 2 is 2.07 bits per heavy atom. The van der Waals surface area contributed by atoms with E-state index in [4.69, 9.17) is 9.15 Å². The Labute approximate surface area is 156 Å². The molecule has 0 aliphatic rings. The highest BCUT2D eigenvalue weighted by atomic mass is 16.5. The van der Waals surface area contributed by atoms with Gasteiger partial charge in [-0.3, -0.25) is 9.48 Å². The highest BCUT2D eigenvalue weighted by Crippen LogP contribution is 2.20. The molecule has 0 aliphatic carbocycles. The molecule has 0 fully saturated rings. The number of hydrogen-bond acceptors (Lipinski definition) is 5. The molecular formula is C20H23N3O4. The number of aromatic nitrogens is 2. The van der Waals surface area contributed by atoms with Crippen LogP contribution in [0.5, 0.6) is 5.75 Å². The number of ether oxygens (including phenoxy) is 1. The second-order valence-electron chi connectivity index (χ2n) is 6.40. The Bertz CT molecular complexity index is 1020. The molecule has 0 saturated carbocycles. The van der Waals surface area contributed by atoms with Crippen LogP contribution in [0.1, 0.15) is 35.1 Å². The summed E-state index contributed by atoms with van der Waals surface area (Å²) >= 11 is 0. The summed E-state index contributed by atoms with van der Waals surface area (Å²) in [6, 6.07) is 8.75. The minimum absolute atomic E-state index is 0.0157. The van der Waals surface area contributed by atoms with E-state index in [9.17, 15) is 9.59 Å². The maximum Gasteiger partial charge on any atom is 0.349 e. The fourth-order valence-electron chi connectivity index (χ4n) is 2.83. The third kappa shape index (κ3) is 4.36. The standard InChI is InChI=1S/C20H23N3O4/c1-4-9-26-16-6-5-15-11-17(20(25)27-18(15)12-16)19(24)21-7-8-23-14(3)10-13(2)22-23/h5-6,10-12H,4,7-9H2,1-3H3,(H,21,24). The molecular weight excluding hydrogens is 346 g/mol. The van der Waals surface area contributed by atoms with Gasteiger partial charge in [-0.25, -0.2) is 4.79 Å². The first kappa shape index (κ1) is 18.7. The average molecular weight is 369 g/mol. The zero-order valence-electron chi connectivity index (χ0n) is 15.7. The van der Waals surface area contributed by atoms with Gasteiger partial charge in [0.2, 0.25) is 0 Å². The summed E-state index contributed by atoms with van der Waals surface area (Å²) in [6.45, 7) is 7.37. The molecule has 2 aromatic heterocycles. The SMILES string of the molecule is CCCOc1ccc2cc(C(=O)NCCn3nc(C)cc3C)c(=O)oc2c1. The molecule has 0 unspecified atom stereocenters. The lowest BCUT2D eigenvalue weighted by Crippen LogP contribution is -2.31. The second-order valence-corrected chi connectivity index (χ2v) is 6.40. The van der Waals surface area contributed by atoms with Crippen LogP contribution in [0.15, 0.2) is 39.5 Å². The number of nitrogens with zero attached hydrogens (tertiary/aromatic N) is 2. The number of nitrogens with one attached hydrogen (secondary N) is 1. The maximum absolute atomic E-state index is 12.4. The molecule has 0 bridgehead atoms. The molecule has 1 amide bonds. The van der Waals surface area contributed by atoms with Crippen molar-refractivity contribution in [2.24, 2.45) is 0 Å². The van der Waals surface area contributed by atoms with Crippen LogP contribution >= 0.6 is 0 Å². The van der Waals surface area contributed by atoms with Crippen LogP contribution < -0.4 is 15.7 Å². The predicted octanol–water partition coefficient (Wildman–Crippen LogP) is 2.83. The molecule has 1 aromatic carbocycles. The lowest BCUT2D eigenvalue weighted by Gasteiger charge is -2.08. The van der Waals surface area contributed by atoms with Gasteiger partial charge in [0.1, 0.15) is 16.9 Å². The van der Waals surface area contributed by atoms with Crippen molar-refractivity contribution < 1.29 is 13.9 Å². The van der Waals surface area contributed by atoms with Crippen LogP contribution in [0.4, 0.5) is 0 Å². The zero-order chi connectivity index (χ0) is 19.4. The van der Waals surface area contributed by atoms with Gasteiger partial charge in [-0.1, -0.05) is 6.92 Å². The van der Waals surface area contributed by atoms with Crippen molar-refractivity contribution in [2.45, 2.75) is 33.7 Å². The van der Waals surface area contributed by atoms with E-state index in [-0.39, 0.29) is 5.56 Å². The highest BCUT2D eigenvalue weighted by Gasteiger charge is 2.14. The monoisotopic (exact) mass is 369 g/mol. The van der Waals surface area contributed by atoms with E-state index in [2.05, 4.69) is 10.4 Å². The minimum atomic E-state index is -0.668. The lowest BCUT2D eigenvalue weighted by molar-refractivity contribution is 0.0948. The number of carbonyl (C=O) groups is 1. The van der Waals surface area contributed by atoms with Crippen molar-refractivity contribution in [3.05, 3.63) is 57.7 Å². The zero-order valence-corrected chi connectivity index (χ0v) is 15.7. The number of hydrogen-bond donors (Lipinski definition) is 1. The third-order valence-electron chi connectivity index (χ3n) is 4.14. The Balaban J connectivity index is 1.71. The largest absolute Gasteiger partial charge is 0.493 e. The molecule has 1 N–H and O–H groups in total. The Morgan fingerprint density at radius 3 is 2.78 bits per heavy atom. The van der Waals surface area contributed by atoms with Gasteiger partial charge in [-0.15, -0.1) is 0 Å². The third-order valence-corrected chi connectivity index (χ3v) is 4.14. The van der Waals surface area contributed by atoms with Crippen LogP contribution in [-0.4, -0.2) is 28.8 Å². The van der Waals surface area contributed by atoms with Crippen molar-refractivity contribution in [1.82, 2.24) is 15.1 Å². The van der Waals surface area contributed by atoms with Crippen LogP contribution in [0, 0.1) is 13.8 Å². The van der Waals surface area contributed by atoms with Gasteiger partial charge < -0.3 is 14.5 Å². The topological polar surface area (TPSA) is 86.4 Å². The van der Waals surface area contributed by atoms with Crippen molar-refractivity contribution in [3.63, 3.8) is 0 Å². The van der Waals surface area contributed by atoms with Gasteiger partial charge in [0.25, 0.3) is 5.91 Å². The first-order chi connectivity index (χ1) is 13.0. The van der Waals surface area contributed by atoms with E-state index in [1.54, 1.807) is 24.3 Å². The van der Waals surface area contributed by atoms with Crippen LogP contribution in [-0.2, 0) is 6.54 Å². The molecule has 0 spiro atoms. The van der Waals surface area contributed by atoms with Gasteiger partial charge in [-0.05, 0) is 44.5 Å². The summed E-state index contributed by atoms with van der Waals surface area (Å²) in [4.78, 5) is 24.6. The van der Waals surface area contributed by atoms with Crippen LogP contribution in [0.2, 0.25) is 0 Å². The quantitative estimate of drug-likeness (QED) is 0.647. The first-order valence-corrected chi connectivity index (χ1v) is 8.98. The second kappa shape index (κ2) is 8.07. The van der Waals surface area contributed by atoms with E-state index in [1.165, 1.54) is 0 Å². The number of aryl methyl sites for hydroxylation is 2. The smallest absolute Gasteiger partial charge is 0.349 e. The predicted molar refractivity (Wildman–Crippen MR) is 102 cm³/mol. The first-order valence-electron chi connectivity index (χ1n) is 8.98. The van der Waals surface area contributed by atoms with Crippen LogP contribution in [0.25, 0.3) is 11.0 Å². The molecule has 27 heavy (non-hydrogen) atoms. The summed E-state index contributed by atoms with van der Waals surface area (Å²) in [5.74, 6) is 0.174. The van der Waals surface area contributed by atoms with Gasteiger partial charge in [0.15, 0.2) is 0 Å². The number of fused-ring (bicyclic) bond motifs is 1. The van der Waals surface area contributed by atoms with Gasteiger partial charge >= 0.3 is 5.63 Å². The van der Waals surface area contributed by atoms with E-state index < -0.39 is 11.5 Å². The molecule has 0 atom stereocenters. The number of carbonyl (C=O) groups excluding carboxylic acids is 1. The molecule has 3 aromatic rings. The number of rotatable bonds is 7. The molecule has 142 valence electrons. The van der Waals surface area contributed by atoms with Gasteiger partial charge in [0.05, 0.1) is 18.8 Å². The summed E-state index contributed by atoms with van der Waals surface area (Å²) in [6.07, 6.45) is 0.888.